The van der Waals surface area contributed by atoms with Gasteiger partial charge in [-0.3, -0.25) is 4.57 Å². The third-order valence-corrected chi connectivity index (χ3v) is 5.50. The average molecular weight is 402 g/mol. The van der Waals surface area contributed by atoms with Crippen molar-refractivity contribution in [1.82, 2.24) is 9.55 Å². The van der Waals surface area contributed by atoms with E-state index in [0.29, 0.717) is 27.0 Å². The molecule has 1 aliphatic heterocycles. The standard InChI is InChI=1S/C18H25Cl2N3O3/c1-3-4-5-6-7-21-18-22-13-8-11(19)12(20)9-14(13)23(18)17-16(25)15(24)10(2)26-17/h8-10,15-17,24-25H,3-7H2,1-2H3,(H,21,22)/t10-,15-,16-,17-/m1/s1. The molecule has 1 aromatic heterocycles. The molecule has 0 radical (unpaired) electrons. The van der Waals surface area contributed by atoms with E-state index >= 15 is 0 Å². The highest BCUT2D eigenvalue weighted by molar-refractivity contribution is 6.42. The molecule has 8 heteroatoms. The van der Waals surface area contributed by atoms with Gasteiger partial charge < -0.3 is 20.3 Å². The number of ether oxygens (including phenoxy) is 1. The first-order valence-electron chi connectivity index (χ1n) is 9.06. The van der Waals surface area contributed by atoms with Crippen molar-refractivity contribution in [2.24, 2.45) is 0 Å². The van der Waals surface area contributed by atoms with Crippen LogP contribution in [0.1, 0.15) is 45.8 Å². The van der Waals surface area contributed by atoms with Gasteiger partial charge in [0, 0.05) is 6.54 Å². The zero-order valence-corrected chi connectivity index (χ0v) is 16.5. The summed E-state index contributed by atoms with van der Waals surface area (Å²) in [6.45, 7) is 4.66. The van der Waals surface area contributed by atoms with Gasteiger partial charge in [-0.05, 0) is 25.5 Å². The fourth-order valence-corrected chi connectivity index (χ4v) is 3.58. The van der Waals surface area contributed by atoms with Gasteiger partial charge in [0.25, 0.3) is 0 Å². The number of fused-ring (bicyclic) bond motifs is 1. The molecule has 1 aliphatic rings. The zero-order valence-electron chi connectivity index (χ0n) is 15.0. The number of aromatic nitrogens is 2. The maximum atomic E-state index is 10.4. The molecule has 1 aromatic carbocycles. The fraction of sp³-hybridized carbons (Fsp3) is 0.611. The predicted molar refractivity (Wildman–Crippen MR) is 104 cm³/mol. The van der Waals surface area contributed by atoms with Gasteiger partial charge in [0.05, 0.1) is 27.2 Å². The Morgan fingerprint density at radius 1 is 1.15 bits per heavy atom. The normalized spacial score (nSPS) is 25.9. The number of anilines is 1. The summed E-state index contributed by atoms with van der Waals surface area (Å²) in [6.07, 6.45) is 1.28. The van der Waals surface area contributed by atoms with E-state index in [-0.39, 0.29) is 0 Å². The maximum Gasteiger partial charge on any atom is 0.206 e. The molecule has 4 atom stereocenters. The van der Waals surface area contributed by atoms with Crippen LogP contribution in [0.15, 0.2) is 12.1 Å². The topological polar surface area (TPSA) is 79.5 Å². The van der Waals surface area contributed by atoms with Crippen LogP contribution in [0, 0.1) is 0 Å². The highest BCUT2D eigenvalue weighted by Crippen LogP contribution is 2.37. The minimum absolute atomic E-state index is 0.399. The van der Waals surface area contributed by atoms with Crippen molar-refractivity contribution < 1.29 is 14.9 Å². The lowest BCUT2D eigenvalue weighted by atomic mass is 10.1. The summed E-state index contributed by atoms with van der Waals surface area (Å²) in [5.41, 5.74) is 1.35. The Morgan fingerprint density at radius 3 is 2.54 bits per heavy atom. The van der Waals surface area contributed by atoms with Gasteiger partial charge in [0.15, 0.2) is 6.23 Å². The molecule has 0 spiro atoms. The monoisotopic (exact) mass is 401 g/mol. The first kappa shape index (κ1) is 19.7. The number of aliphatic hydroxyl groups excluding tert-OH is 2. The highest BCUT2D eigenvalue weighted by atomic mass is 35.5. The second-order valence-corrected chi connectivity index (χ2v) is 7.58. The van der Waals surface area contributed by atoms with Crippen LogP contribution in [0.25, 0.3) is 11.0 Å². The summed E-state index contributed by atoms with van der Waals surface area (Å²) in [7, 11) is 0. The Hall–Kier alpha value is -1.05. The van der Waals surface area contributed by atoms with E-state index in [1.807, 2.05) is 0 Å². The summed E-state index contributed by atoms with van der Waals surface area (Å²) in [6, 6.07) is 3.40. The maximum absolute atomic E-state index is 10.4. The van der Waals surface area contributed by atoms with Gasteiger partial charge in [-0.25, -0.2) is 4.98 Å². The third-order valence-electron chi connectivity index (χ3n) is 4.78. The Balaban J connectivity index is 1.95. The Bertz CT molecular complexity index is 768. The number of hydrogen-bond donors (Lipinski definition) is 3. The SMILES string of the molecule is CCCCCCNc1nc2cc(Cl)c(Cl)cc2n1[C@@H]1O[C@H](C)[C@@H](O)[C@H]1O. The van der Waals surface area contributed by atoms with Crippen LogP contribution in [0.3, 0.4) is 0 Å². The molecule has 0 unspecified atom stereocenters. The van der Waals surface area contributed by atoms with E-state index in [0.717, 1.165) is 19.4 Å². The zero-order chi connectivity index (χ0) is 18.8. The number of nitrogens with zero attached hydrogens (tertiary/aromatic N) is 2. The molecule has 0 aliphatic carbocycles. The Labute approximate surface area is 163 Å². The van der Waals surface area contributed by atoms with E-state index in [1.54, 1.807) is 23.6 Å². The van der Waals surface area contributed by atoms with Gasteiger partial charge in [-0.15, -0.1) is 0 Å². The van der Waals surface area contributed by atoms with E-state index in [1.165, 1.54) is 12.8 Å². The van der Waals surface area contributed by atoms with Gasteiger partial charge in [0.2, 0.25) is 5.95 Å². The molecule has 0 saturated carbocycles. The van der Waals surface area contributed by atoms with Gasteiger partial charge in [0.1, 0.15) is 12.2 Å². The lowest BCUT2D eigenvalue weighted by Crippen LogP contribution is -2.30. The number of rotatable bonds is 7. The molecule has 3 rings (SSSR count). The summed E-state index contributed by atoms with van der Waals surface area (Å²) in [5.74, 6) is 0.570. The van der Waals surface area contributed by atoms with Crippen LogP contribution in [0.2, 0.25) is 10.0 Å². The lowest BCUT2D eigenvalue weighted by molar-refractivity contribution is -0.0284. The fourth-order valence-electron chi connectivity index (χ4n) is 3.27. The highest BCUT2D eigenvalue weighted by Gasteiger charge is 2.42. The van der Waals surface area contributed by atoms with Gasteiger partial charge in [-0.1, -0.05) is 49.4 Å². The molecule has 144 valence electrons. The van der Waals surface area contributed by atoms with E-state index in [9.17, 15) is 10.2 Å². The van der Waals surface area contributed by atoms with Crippen LogP contribution in [0.5, 0.6) is 0 Å². The molecule has 2 heterocycles. The van der Waals surface area contributed by atoms with Crippen molar-refractivity contribution in [3.63, 3.8) is 0 Å². The van der Waals surface area contributed by atoms with Crippen molar-refractivity contribution >= 4 is 40.2 Å². The largest absolute Gasteiger partial charge is 0.388 e. The predicted octanol–water partition coefficient (Wildman–Crippen LogP) is 3.97. The Morgan fingerprint density at radius 2 is 1.88 bits per heavy atom. The molecule has 2 aromatic rings. The molecule has 0 bridgehead atoms. The van der Waals surface area contributed by atoms with Crippen molar-refractivity contribution in [3.05, 3.63) is 22.2 Å². The number of unbranched alkanes of at least 4 members (excludes halogenated alkanes) is 3. The average Bonchev–Trinajstić information content (AvgIpc) is 3.07. The first-order chi connectivity index (χ1) is 12.4. The molecule has 6 nitrogen and oxygen atoms in total. The number of aliphatic hydroxyl groups is 2. The van der Waals surface area contributed by atoms with E-state index < -0.39 is 24.5 Å². The second kappa shape index (κ2) is 8.31. The lowest BCUT2D eigenvalue weighted by Gasteiger charge is -2.20. The van der Waals surface area contributed by atoms with E-state index in [4.69, 9.17) is 27.9 Å². The van der Waals surface area contributed by atoms with Crippen LogP contribution < -0.4 is 5.32 Å². The summed E-state index contributed by atoms with van der Waals surface area (Å²) in [4.78, 5) is 4.60. The molecule has 1 saturated heterocycles. The second-order valence-electron chi connectivity index (χ2n) is 6.76. The smallest absolute Gasteiger partial charge is 0.206 e. The molecular formula is C18H25Cl2N3O3. The summed E-state index contributed by atoms with van der Waals surface area (Å²) in [5, 5.41) is 24.7. The molecule has 1 fully saturated rings. The van der Waals surface area contributed by atoms with Gasteiger partial charge in [-0.2, -0.15) is 0 Å². The number of nitrogens with one attached hydrogen (secondary N) is 1. The number of imidazole rings is 1. The van der Waals surface area contributed by atoms with E-state index in [2.05, 4.69) is 17.2 Å². The summed E-state index contributed by atoms with van der Waals surface area (Å²) >= 11 is 12.3. The van der Waals surface area contributed by atoms with Gasteiger partial charge >= 0.3 is 0 Å². The minimum atomic E-state index is -1.06. The quantitative estimate of drug-likeness (QED) is 0.611. The molecule has 3 N–H and O–H groups in total. The minimum Gasteiger partial charge on any atom is -0.388 e. The van der Waals surface area contributed by atoms with Crippen LogP contribution in [-0.2, 0) is 4.74 Å². The van der Waals surface area contributed by atoms with Crippen LogP contribution in [-0.4, -0.2) is 44.6 Å². The van der Waals surface area contributed by atoms with Crippen LogP contribution in [0.4, 0.5) is 5.95 Å². The first-order valence-corrected chi connectivity index (χ1v) is 9.82. The van der Waals surface area contributed by atoms with Crippen molar-refractivity contribution in [3.8, 4) is 0 Å². The summed E-state index contributed by atoms with van der Waals surface area (Å²) < 4.78 is 7.56. The molecular weight excluding hydrogens is 377 g/mol. The van der Waals surface area contributed by atoms with Crippen molar-refractivity contribution in [2.45, 2.75) is 64.1 Å². The number of benzene rings is 1. The van der Waals surface area contributed by atoms with Crippen molar-refractivity contribution in [2.75, 3.05) is 11.9 Å². The molecule has 0 amide bonds. The Kier molecular flexibility index (Phi) is 6.30. The third kappa shape index (κ3) is 3.80. The van der Waals surface area contributed by atoms with Crippen LogP contribution >= 0.6 is 23.2 Å². The number of halogens is 2. The number of hydrogen-bond acceptors (Lipinski definition) is 5. The van der Waals surface area contributed by atoms with Crippen molar-refractivity contribution in [1.29, 1.82) is 0 Å². The molecule has 26 heavy (non-hydrogen) atoms.